The van der Waals surface area contributed by atoms with Gasteiger partial charge in [0.1, 0.15) is 11.3 Å². The third-order valence-corrected chi connectivity index (χ3v) is 4.71. The van der Waals surface area contributed by atoms with Gasteiger partial charge in [-0.2, -0.15) is 5.10 Å². The molecule has 0 atom stereocenters. The molecule has 2 amide bonds. The summed E-state index contributed by atoms with van der Waals surface area (Å²) in [6.45, 7) is 2.92. The number of rotatable bonds is 7. The molecule has 0 aliphatic rings. The van der Waals surface area contributed by atoms with Gasteiger partial charge in [-0.05, 0) is 36.8 Å². The first-order valence-electron chi connectivity index (χ1n) is 10.0. The minimum Gasteiger partial charge on any atom is -0.493 e. The monoisotopic (exact) mass is 433 g/mol. The molecule has 0 saturated carbocycles. The van der Waals surface area contributed by atoms with E-state index in [-0.39, 0.29) is 6.03 Å². The Morgan fingerprint density at radius 2 is 1.91 bits per heavy atom. The minimum absolute atomic E-state index is 0.320. The number of pyridine rings is 1. The summed E-state index contributed by atoms with van der Waals surface area (Å²) >= 11 is 0. The number of aromatic nitrogens is 5. The molecule has 0 saturated heterocycles. The number of urea groups is 1. The SMILES string of the molecule is CCNC(=O)Nc1ccc2ncc(-c3cnn(Cc4ccc(OC)c(OC)c4)c3)nc2n1. The number of fused-ring (bicyclic) bond motifs is 1. The predicted molar refractivity (Wildman–Crippen MR) is 120 cm³/mol. The van der Waals surface area contributed by atoms with Crippen molar-refractivity contribution in [1.82, 2.24) is 30.0 Å². The molecule has 2 N–H and O–H groups in total. The number of anilines is 1. The van der Waals surface area contributed by atoms with E-state index in [1.165, 1.54) is 0 Å². The molecule has 32 heavy (non-hydrogen) atoms. The number of ether oxygens (including phenoxy) is 2. The molecule has 4 rings (SSSR count). The highest BCUT2D eigenvalue weighted by Gasteiger charge is 2.10. The van der Waals surface area contributed by atoms with Crippen molar-refractivity contribution in [3.05, 3.63) is 54.5 Å². The summed E-state index contributed by atoms with van der Waals surface area (Å²) in [4.78, 5) is 25.2. The molecule has 0 unspecified atom stereocenters. The Hall–Kier alpha value is -4.21. The van der Waals surface area contributed by atoms with Crippen molar-refractivity contribution in [1.29, 1.82) is 0 Å². The lowest BCUT2D eigenvalue weighted by atomic mass is 10.2. The number of hydrogen-bond acceptors (Lipinski definition) is 7. The van der Waals surface area contributed by atoms with Crippen LogP contribution in [0.2, 0.25) is 0 Å². The molecule has 0 aliphatic carbocycles. The van der Waals surface area contributed by atoms with E-state index >= 15 is 0 Å². The molecular weight excluding hydrogens is 410 g/mol. The van der Waals surface area contributed by atoms with Crippen LogP contribution in [0, 0.1) is 0 Å². The van der Waals surface area contributed by atoms with E-state index < -0.39 is 0 Å². The van der Waals surface area contributed by atoms with Gasteiger partial charge in [0, 0.05) is 18.3 Å². The Labute approximate surface area is 184 Å². The summed E-state index contributed by atoms with van der Waals surface area (Å²) in [6, 6.07) is 8.88. The Balaban J connectivity index is 1.55. The first-order chi connectivity index (χ1) is 15.6. The average molecular weight is 433 g/mol. The Morgan fingerprint density at radius 3 is 2.69 bits per heavy atom. The van der Waals surface area contributed by atoms with Crippen molar-refractivity contribution in [3.8, 4) is 22.8 Å². The lowest BCUT2D eigenvalue weighted by molar-refractivity contribution is 0.252. The van der Waals surface area contributed by atoms with Crippen LogP contribution < -0.4 is 20.1 Å². The molecule has 3 aromatic heterocycles. The molecule has 164 valence electrons. The van der Waals surface area contributed by atoms with Gasteiger partial charge in [0.05, 0.1) is 38.9 Å². The number of nitrogens with zero attached hydrogens (tertiary/aromatic N) is 5. The summed E-state index contributed by atoms with van der Waals surface area (Å²) in [5.41, 5.74) is 3.53. The number of amides is 2. The molecule has 0 fully saturated rings. The van der Waals surface area contributed by atoms with Crippen LogP contribution in [0.5, 0.6) is 11.5 Å². The first kappa shape index (κ1) is 21.0. The standard InChI is InChI=1S/C22H23N7O3/c1-4-23-22(30)28-20-8-6-16-21(27-20)26-17(11-24-16)15-10-25-29(13-15)12-14-5-7-18(31-2)19(9-14)32-3/h5-11,13H,4,12H2,1-3H3,(H2,23,26,27,28,30). The number of methoxy groups -OCH3 is 2. The fourth-order valence-corrected chi connectivity index (χ4v) is 3.18. The third kappa shape index (κ3) is 4.59. The van der Waals surface area contributed by atoms with Crippen LogP contribution in [0.3, 0.4) is 0 Å². The largest absolute Gasteiger partial charge is 0.493 e. The van der Waals surface area contributed by atoms with Crippen LogP contribution in [0.15, 0.2) is 48.9 Å². The number of carbonyl (C=O) groups excluding carboxylic acids is 1. The Kier molecular flexibility index (Phi) is 6.11. The lowest BCUT2D eigenvalue weighted by Gasteiger charge is -2.09. The maximum Gasteiger partial charge on any atom is 0.320 e. The number of nitrogens with one attached hydrogen (secondary N) is 2. The van der Waals surface area contributed by atoms with Crippen LogP contribution in [0.1, 0.15) is 12.5 Å². The third-order valence-electron chi connectivity index (χ3n) is 4.71. The van der Waals surface area contributed by atoms with Crippen LogP contribution >= 0.6 is 0 Å². The second-order valence-corrected chi connectivity index (χ2v) is 6.89. The zero-order chi connectivity index (χ0) is 22.5. The van der Waals surface area contributed by atoms with Crippen LogP contribution in [0.4, 0.5) is 10.6 Å². The normalized spacial score (nSPS) is 10.7. The summed E-state index contributed by atoms with van der Waals surface area (Å²) in [7, 11) is 3.22. The van der Waals surface area contributed by atoms with Crippen LogP contribution in [-0.4, -0.2) is 51.5 Å². The van der Waals surface area contributed by atoms with E-state index in [1.54, 1.807) is 38.7 Å². The van der Waals surface area contributed by atoms with Gasteiger partial charge in [-0.15, -0.1) is 0 Å². The highest BCUT2D eigenvalue weighted by Crippen LogP contribution is 2.28. The average Bonchev–Trinajstić information content (AvgIpc) is 3.27. The quantitative estimate of drug-likeness (QED) is 0.460. The zero-order valence-corrected chi connectivity index (χ0v) is 18.0. The van der Waals surface area contributed by atoms with E-state index in [0.717, 1.165) is 11.1 Å². The number of hydrogen-bond donors (Lipinski definition) is 2. The smallest absolute Gasteiger partial charge is 0.320 e. The molecule has 0 bridgehead atoms. The summed E-state index contributed by atoms with van der Waals surface area (Å²) < 4.78 is 12.5. The van der Waals surface area contributed by atoms with Crippen molar-refractivity contribution in [3.63, 3.8) is 0 Å². The van der Waals surface area contributed by atoms with E-state index in [4.69, 9.17) is 9.47 Å². The van der Waals surface area contributed by atoms with E-state index in [9.17, 15) is 4.79 Å². The number of benzene rings is 1. The fourth-order valence-electron chi connectivity index (χ4n) is 3.18. The van der Waals surface area contributed by atoms with Gasteiger partial charge in [-0.3, -0.25) is 15.0 Å². The van der Waals surface area contributed by atoms with Crippen molar-refractivity contribution in [2.45, 2.75) is 13.5 Å². The van der Waals surface area contributed by atoms with Crippen LogP contribution in [-0.2, 0) is 6.54 Å². The van der Waals surface area contributed by atoms with Gasteiger partial charge in [-0.1, -0.05) is 6.07 Å². The fraction of sp³-hybridized carbons (Fsp3) is 0.227. The molecule has 0 aliphatic heterocycles. The second kappa shape index (κ2) is 9.29. The molecule has 1 aromatic carbocycles. The maximum absolute atomic E-state index is 11.7. The molecule has 0 radical (unpaired) electrons. The van der Waals surface area contributed by atoms with Gasteiger partial charge in [0.25, 0.3) is 0 Å². The van der Waals surface area contributed by atoms with Crippen molar-refractivity contribution in [2.24, 2.45) is 0 Å². The van der Waals surface area contributed by atoms with Crippen molar-refractivity contribution < 1.29 is 14.3 Å². The van der Waals surface area contributed by atoms with Crippen molar-refractivity contribution in [2.75, 3.05) is 26.1 Å². The van der Waals surface area contributed by atoms with Crippen molar-refractivity contribution >= 4 is 23.0 Å². The first-order valence-corrected chi connectivity index (χ1v) is 10.0. The van der Waals surface area contributed by atoms with Gasteiger partial charge < -0.3 is 14.8 Å². The molecular formula is C22H23N7O3. The topological polar surface area (TPSA) is 116 Å². The van der Waals surface area contributed by atoms with Gasteiger partial charge >= 0.3 is 6.03 Å². The summed E-state index contributed by atoms with van der Waals surface area (Å²) in [6.07, 6.45) is 5.30. The zero-order valence-electron chi connectivity index (χ0n) is 18.0. The summed E-state index contributed by atoms with van der Waals surface area (Å²) in [5.74, 6) is 1.75. The Morgan fingerprint density at radius 1 is 1.06 bits per heavy atom. The molecule has 4 aromatic rings. The predicted octanol–water partition coefficient (Wildman–Crippen LogP) is 3.10. The van der Waals surface area contributed by atoms with Gasteiger partial charge in [0.2, 0.25) is 0 Å². The highest BCUT2D eigenvalue weighted by atomic mass is 16.5. The Bertz CT molecular complexity index is 1260. The summed E-state index contributed by atoms with van der Waals surface area (Å²) in [5, 5.41) is 9.78. The van der Waals surface area contributed by atoms with Gasteiger partial charge in [-0.25, -0.2) is 14.8 Å². The lowest BCUT2D eigenvalue weighted by Crippen LogP contribution is -2.28. The second-order valence-electron chi connectivity index (χ2n) is 6.89. The molecule has 10 heteroatoms. The highest BCUT2D eigenvalue weighted by molar-refractivity contribution is 5.89. The van der Waals surface area contributed by atoms with Crippen LogP contribution in [0.25, 0.3) is 22.4 Å². The molecule has 3 heterocycles. The van der Waals surface area contributed by atoms with E-state index in [1.807, 2.05) is 36.0 Å². The molecule has 0 spiro atoms. The molecule has 10 nitrogen and oxygen atoms in total. The maximum atomic E-state index is 11.7. The number of carbonyl (C=O) groups is 1. The van der Waals surface area contributed by atoms with E-state index in [0.29, 0.717) is 47.3 Å². The van der Waals surface area contributed by atoms with E-state index in [2.05, 4.69) is 30.7 Å². The van der Waals surface area contributed by atoms with Gasteiger partial charge in [0.15, 0.2) is 17.1 Å². The minimum atomic E-state index is -0.320.